The smallest absolute Gasteiger partial charge is 0.319 e. The summed E-state index contributed by atoms with van der Waals surface area (Å²) in [7, 11) is 0. The van der Waals surface area contributed by atoms with Gasteiger partial charge in [0, 0.05) is 29.8 Å². The highest BCUT2D eigenvalue weighted by Gasteiger charge is 2.15. The first kappa shape index (κ1) is 13.7. The molecule has 0 aliphatic heterocycles. The Balaban J connectivity index is 1.56. The number of hydrogen-bond donors (Lipinski definition) is 2. The van der Waals surface area contributed by atoms with E-state index in [1.165, 1.54) is 19.3 Å². The van der Waals surface area contributed by atoms with Crippen molar-refractivity contribution in [2.75, 3.05) is 5.32 Å². The Morgan fingerprint density at radius 3 is 2.33 bits per heavy atom. The van der Waals surface area contributed by atoms with Crippen molar-refractivity contribution in [1.82, 2.24) is 9.88 Å². The Morgan fingerprint density at radius 1 is 1.00 bits per heavy atom. The maximum atomic E-state index is 12.0. The summed E-state index contributed by atoms with van der Waals surface area (Å²) in [5, 5.41) is 5.96. The van der Waals surface area contributed by atoms with Crippen LogP contribution in [0.3, 0.4) is 0 Å². The number of nitrogens with zero attached hydrogens (tertiary/aromatic N) is 1. The molecule has 1 aliphatic carbocycles. The van der Waals surface area contributed by atoms with Crippen LogP contribution < -0.4 is 10.6 Å². The van der Waals surface area contributed by atoms with Crippen molar-refractivity contribution in [2.45, 2.75) is 38.1 Å². The third-order valence-corrected chi connectivity index (χ3v) is 3.97. The van der Waals surface area contributed by atoms with Crippen molar-refractivity contribution in [1.29, 1.82) is 0 Å². The van der Waals surface area contributed by atoms with Crippen molar-refractivity contribution in [3.05, 3.63) is 48.8 Å². The SMILES string of the molecule is O=C(Nc1ccc(-n2cccc2)cc1)NC1CCCCC1. The van der Waals surface area contributed by atoms with E-state index < -0.39 is 0 Å². The van der Waals surface area contributed by atoms with Crippen molar-refractivity contribution in [3.63, 3.8) is 0 Å². The first-order valence-corrected chi connectivity index (χ1v) is 7.62. The molecule has 1 aliphatic rings. The quantitative estimate of drug-likeness (QED) is 0.880. The molecule has 3 rings (SSSR count). The maximum Gasteiger partial charge on any atom is 0.319 e. The fourth-order valence-corrected chi connectivity index (χ4v) is 2.82. The van der Waals surface area contributed by atoms with Crippen LogP contribution in [-0.2, 0) is 0 Å². The van der Waals surface area contributed by atoms with Gasteiger partial charge >= 0.3 is 6.03 Å². The first-order chi connectivity index (χ1) is 10.3. The van der Waals surface area contributed by atoms with Crippen LogP contribution in [0.25, 0.3) is 5.69 Å². The van der Waals surface area contributed by atoms with E-state index in [1.54, 1.807) is 0 Å². The molecule has 1 fully saturated rings. The number of rotatable bonds is 3. The molecule has 2 aromatic rings. The lowest BCUT2D eigenvalue weighted by Crippen LogP contribution is -2.38. The highest BCUT2D eigenvalue weighted by Crippen LogP contribution is 2.18. The van der Waals surface area contributed by atoms with Gasteiger partial charge in [-0.05, 0) is 49.2 Å². The molecule has 1 heterocycles. The van der Waals surface area contributed by atoms with E-state index in [4.69, 9.17) is 0 Å². The number of hydrogen-bond acceptors (Lipinski definition) is 1. The van der Waals surface area contributed by atoms with Crippen LogP contribution in [0.1, 0.15) is 32.1 Å². The summed E-state index contributed by atoms with van der Waals surface area (Å²) in [5.41, 5.74) is 1.90. The predicted molar refractivity (Wildman–Crippen MR) is 84.8 cm³/mol. The molecule has 0 atom stereocenters. The Morgan fingerprint density at radius 2 is 1.67 bits per heavy atom. The van der Waals surface area contributed by atoms with E-state index in [1.807, 2.05) is 53.4 Å². The summed E-state index contributed by atoms with van der Waals surface area (Å²) < 4.78 is 2.03. The Bertz CT molecular complexity index is 569. The number of benzene rings is 1. The number of carbonyl (C=O) groups is 1. The summed E-state index contributed by atoms with van der Waals surface area (Å²) in [5.74, 6) is 0. The molecule has 2 N–H and O–H groups in total. The molecule has 0 unspecified atom stereocenters. The minimum absolute atomic E-state index is 0.101. The number of nitrogens with one attached hydrogen (secondary N) is 2. The minimum atomic E-state index is -0.101. The zero-order chi connectivity index (χ0) is 14.5. The van der Waals surface area contributed by atoms with Gasteiger partial charge in [0.15, 0.2) is 0 Å². The topological polar surface area (TPSA) is 46.1 Å². The van der Waals surface area contributed by atoms with Gasteiger partial charge in [-0.1, -0.05) is 19.3 Å². The number of aromatic nitrogens is 1. The monoisotopic (exact) mass is 283 g/mol. The molecule has 1 aromatic heterocycles. The van der Waals surface area contributed by atoms with Crippen molar-refractivity contribution in [3.8, 4) is 5.69 Å². The van der Waals surface area contributed by atoms with Crippen LogP contribution in [0.2, 0.25) is 0 Å². The van der Waals surface area contributed by atoms with Crippen LogP contribution in [0.5, 0.6) is 0 Å². The second kappa shape index (κ2) is 6.48. The van der Waals surface area contributed by atoms with E-state index >= 15 is 0 Å². The van der Waals surface area contributed by atoms with E-state index in [0.717, 1.165) is 24.2 Å². The van der Waals surface area contributed by atoms with Crippen molar-refractivity contribution < 1.29 is 4.79 Å². The average molecular weight is 283 g/mol. The molecular formula is C17H21N3O. The largest absolute Gasteiger partial charge is 0.335 e. The molecule has 1 saturated carbocycles. The molecule has 0 spiro atoms. The fraction of sp³-hybridized carbons (Fsp3) is 0.353. The van der Waals surface area contributed by atoms with E-state index in [-0.39, 0.29) is 6.03 Å². The molecule has 2 amide bonds. The van der Waals surface area contributed by atoms with Crippen molar-refractivity contribution in [2.24, 2.45) is 0 Å². The zero-order valence-electron chi connectivity index (χ0n) is 12.1. The highest BCUT2D eigenvalue weighted by molar-refractivity contribution is 5.89. The van der Waals surface area contributed by atoms with Gasteiger partial charge in [-0.25, -0.2) is 4.79 Å². The molecule has 4 heteroatoms. The number of urea groups is 1. The van der Waals surface area contributed by atoms with E-state index in [9.17, 15) is 4.79 Å². The zero-order valence-corrected chi connectivity index (χ0v) is 12.1. The predicted octanol–water partition coefficient (Wildman–Crippen LogP) is 3.93. The van der Waals surface area contributed by atoms with Gasteiger partial charge in [0.2, 0.25) is 0 Å². The molecule has 4 nitrogen and oxygen atoms in total. The molecule has 0 radical (unpaired) electrons. The van der Waals surface area contributed by atoms with Gasteiger partial charge in [0.05, 0.1) is 0 Å². The summed E-state index contributed by atoms with van der Waals surface area (Å²) in [6, 6.07) is 12.1. The lowest BCUT2D eigenvalue weighted by molar-refractivity contribution is 0.244. The van der Waals surface area contributed by atoms with Crippen LogP contribution >= 0.6 is 0 Å². The fourth-order valence-electron chi connectivity index (χ4n) is 2.82. The van der Waals surface area contributed by atoms with Gasteiger partial charge in [-0.15, -0.1) is 0 Å². The van der Waals surface area contributed by atoms with E-state index in [2.05, 4.69) is 10.6 Å². The van der Waals surface area contributed by atoms with Crippen LogP contribution in [0, 0.1) is 0 Å². The highest BCUT2D eigenvalue weighted by atomic mass is 16.2. The lowest BCUT2D eigenvalue weighted by atomic mass is 9.96. The number of amides is 2. The van der Waals surface area contributed by atoms with E-state index in [0.29, 0.717) is 6.04 Å². The Labute approximate surface area is 125 Å². The maximum absolute atomic E-state index is 12.0. The summed E-state index contributed by atoms with van der Waals surface area (Å²) in [6.45, 7) is 0. The van der Waals surface area contributed by atoms with Crippen molar-refractivity contribution >= 4 is 11.7 Å². The summed E-state index contributed by atoms with van der Waals surface area (Å²) in [6.07, 6.45) is 9.92. The average Bonchev–Trinajstić information content (AvgIpc) is 3.03. The van der Waals surface area contributed by atoms with Gasteiger partial charge in [0.1, 0.15) is 0 Å². The van der Waals surface area contributed by atoms with Crippen LogP contribution in [0.15, 0.2) is 48.8 Å². The second-order valence-electron chi connectivity index (χ2n) is 5.57. The number of carbonyl (C=O) groups excluding carboxylic acids is 1. The lowest BCUT2D eigenvalue weighted by Gasteiger charge is -2.22. The normalized spacial score (nSPS) is 15.6. The minimum Gasteiger partial charge on any atom is -0.335 e. The standard InChI is InChI=1S/C17H21N3O/c21-17(18-14-6-2-1-3-7-14)19-15-8-10-16(11-9-15)20-12-4-5-13-20/h4-5,8-14H,1-3,6-7H2,(H2,18,19,21). The van der Waals surface area contributed by atoms with Gasteiger partial charge in [-0.2, -0.15) is 0 Å². The second-order valence-corrected chi connectivity index (χ2v) is 5.57. The summed E-state index contributed by atoms with van der Waals surface area (Å²) >= 11 is 0. The molecule has 0 saturated heterocycles. The van der Waals surface area contributed by atoms with Crippen LogP contribution in [0.4, 0.5) is 10.5 Å². The Hall–Kier alpha value is -2.23. The first-order valence-electron chi connectivity index (χ1n) is 7.62. The van der Waals surface area contributed by atoms with Gasteiger partial charge < -0.3 is 15.2 Å². The third-order valence-electron chi connectivity index (χ3n) is 3.97. The molecule has 0 bridgehead atoms. The number of anilines is 1. The van der Waals surface area contributed by atoms with Crippen LogP contribution in [-0.4, -0.2) is 16.6 Å². The molecule has 1 aromatic carbocycles. The van der Waals surface area contributed by atoms with Gasteiger partial charge in [-0.3, -0.25) is 0 Å². The molecule has 21 heavy (non-hydrogen) atoms. The van der Waals surface area contributed by atoms with Gasteiger partial charge in [0.25, 0.3) is 0 Å². The molecule has 110 valence electrons. The third kappa shape index (κ3) is 3.66. The molecular weight excluding hydrogens is 262 g/mol. The Kier molecular flexibility index (Phi) is 4.24. The summed E-state index contributed by atoms with van der Waals surface area (Å²) in [4.78, 5) is 12.0.